The first-order chi connectivity index (χ1) is 11.7. The minimum Gasteiger partial charge on any atom is -0.369 e. The second-order valence-electron chi connectivity index (χ2n) is 5.94. The Kier molecular flexibility index (Phi) is 3.31. The van der Waals surface area contributed by atoms with Crippen LogP contribution in [0.2, 0.25) is 0 Å². The van der Waals surface area contributed by atoms with E-state index in [1.165, 1.54) is 0 Å². The molecule has 0 aliphatic rings. The fourth-order valence-electron chi connectivity index (χ4n) is 3.19. The van der Waals surface area contributed by atoms with Crippen molar-refractivity contribution in [2.24, 2.45) is 5.73 Å². The molecule has 2 N–H and O–H groups in total. The van der Waals surface area contributed by atoms with E-state index in [1.54, 1.807) is 0 Å². The minimum absolute atomic E-state index is 0.322. The molecule has 1 atom stereocenters. The molecule has 0 radical (unpaired) electrons. The predicted octanol–water partition coefficient (Wildman–Crippen LogP) is 3.77. The van der Waals surface area contributed by atoms with E-state index >= 15 is 0 Å². The standard InChI is InChI=1S/C20H17N3O/c1-13(20(21)24)16-12-23(18-9-5-3-6-14(16)18)19-10-11-22-17-8-4-2-7-15(17)19/h2-13H,1H3,(H2,21,24). The molecule has 1 unspecified atom stereocenters. The molecule has 4 heteroatoms. The molecule has 0 saturated heterocycles. The summed E-state index contributed by atoms with van der Waals surface area (Å²) >= 11 is 0. The van der Waals surface area contributed by atoms with Crippen molar-refractivity contribution < 1.29 is 4.79 Å². The Morgan fingerprint density at radius 2 is 1.75 bits per heavy atom. The van der Waals surface area contributed by atoms with Gasteiger partial charge >= 0.3 is 0 Å². The molecule has 2 heterocycles. The van der Waals surface area contributed by atoms with Crippen LogP contribution in [-0.4, -0.2) is 15.5 Å². The van der Waals surface area contributed by atoms with Crippen molar-refractivity contribution in [3.05, 3.63) is 72.6 Å². The van der Waals surface area contributed by atoms with E-state index in [1.807, 2.05) is 61.8 Å². The summed E-state index contributed by atoms with van der Waals surface area (Å²) in [6, 6.07) is 18.1. The van der Waals surface area contributed by atoms with Crippen molar-refractivity contribution in [2.45, 2.75) is 12.8 Å². The zero-order valence-electron chi connectivity index (χ0n) is 13.3. The number of nitrogens with zero attached hydrogens (tertiary/aromatic N) is 2. The maximum Gasteiger partial charge on any atom is 0.224 e. The molecule has 0 aliphatic heterocycles. The number of aromatic nitrogens is 2. The van der Waals surface area contributed by atoms with Gasteiger partial charge in [0.2, 0.25) is 5.91 Å². The summed E-state index contributed by atoms with van der Waals surface area (Å²) in [5.41, 5.74) is 9.52. The summed E-state index contributed by atoms with van der Waals surface area (Å²) in [5, 5.41) is 2.11. The van der Waals surface area contributed by atoms with Crippen molar-refractivity contribution >= 4 is 27.7 Å². The number of nitrogens with two attached hydrogens (primary N) is 1. The van der Waals surface area contributed by atoms with Crippen LogP contribution in [0.3, 0.4) is 0 Å². The second kappa shape index (κ2) is 5.49. The number of pyridine rings is 1. The average molecular weight is 315 g/mol. The van der Waals surface area contributed by atoms with Crippen LogP contribution in [0.15, 0.2) is 67.0 Å². The van der Waals surface area contributed by atoms with E-state index in [0.29, 0.717) is 0 Å². The summed E-state index contributed by atoms with van der Waals surface area (Å²) in [6.45, 7) is 1.85. The Morgan fingerprint density at radius 1 is 1.04 bits per heavy atom. The molecule has 0 saturated carbocycles. The van der Waals surface area contributed by atoms with Gasteiger partial charge in [-0.15, -0.1) is 0 Å². The molecule has 0 spiro atoms. The zero-order chi connectivity index (χ0) is 16.7. The lowest BCUT2D eigenvalue weighted by Crippen LogP contribution is -2.18. The molecule has 1 amide bonds. The lowest BCUT2D eigenvalue weighted by molar-refractivity contribution is -0.119. The number of carbonyl (C=O) groups is 1. The van der Waals surface area contributed by atoms with Gasteiger partial charge in [0.1, 0.15) is 0 Å². The molecule has 4 aromatic rings. The van der Waals surface area contributed by atoms with Gasteiger partial charge in [-0.1, -0.05) is 36.4 Å². The van der Waals surface area contributed by atoms with Crippen LogP contribution >= 0.6 is 0 Å². The van der Waals surface area contributed by atoms with Crippen molar-refractivity contribution in [1.29, 1.82) is 0 Å². The number of fused-ring (bicyclic) bond motifs is 2. The van der Waals surface area contributed by atoms with E-state index in [0.717, 1.165) is 33.1 Å². The SMILES string of the molecule is CC(C(N)=O)c1cn(-c2ccnc3ccccc23)c2ccccc12. The normalized spacial score (nSPS) is 12.5. The smallest absolute Gasteiger partial charge is 0.224 e. The Morgan fingerprint density at radius 3 is 2.54 bits per heavy atom. The number of benzene rings is 2. The number of hydrogen-bond acceptors (Lipinski definition) is 2. The first-order valence-corrected chi connectivity index (χ1v) is 7.90. The Labute approximate surface area is 139 Å². The van der Waals surface area contributed by atoms with Gasteiger partial charge < -0.3 is 10.3 Å². The van der Waals surface area contributed by atoms with E-state index in [2.05, 4.69) is 21.7 Å². The summed E-state index contributed by atoms with van der Waals surface area (Å²) in [4.78, 5) is 16.1. The topological polar surface area (TPSA) is 60.9 Å². The predicted molar refractivity (Wildman–Crippen MR) is 96.2 cm³/mol. The Hall–Kier alpha value is -3.14. The number of para-hydroxylation sites is 2. The number of hydrogen-bond donors (Lipinski definition) is 1. The summed E-state index contributed by atoms with van der Waals surface area (Å²) in [6.07, 6.45) is 3.82. The maximum atomic E-state index is 11.7. The van der Waals surface area contributed by atoms with Gasteiger partial charge in [0.05, 0.1) is 22.6 Å². The third kappa shape index (κ3) is 2.15. The highest BCUT2D eigenvalue weighted by Gasteiger charge is 2.19. The van der Waals surface area contributed by atoms with Crippen LogP contribution in [0.4, 0.5) is 0 Å². The fourth-order valence-corrected chi connectivity index (χ4v) is 3.19. The van der Waals surface area contributed by atoms with Crippen LogP contribution in [0.1, 0.15) is 18.4 Å². The van der Waals surface area contributed by atoms with Gasteiger partial charge in [-0.25, -0.2) is 0 Å². The number of rotatable bonds is 3. The summed E-state index contributed by atoms with van der Waals surface area (Å²) in [5.74, 6) is -0.665. The average Bonchev–Trinajstić information content (AvgIpc) is 3.00. The highest BCUT2D eigenvalue weighted by molar-refractivity contribution is 5.95. The van der Waals surface area contributed by atoms with Gasteiger partial charge in [-0.3, -0.25) is 9.78 Å². The van der Waals surface area contributed by atoms with Gasteiger partial charge in [0.25, 0.3) is 0 Å². The molecule has 118 valence electrons. The molecule has 0 aliphatic carbocycles. The Balaban J connectivity index is 2.05. The number of primary amides is 1. The number of amides is 1. The second-order valence-corrected chi connectivity index (χ2v) is 5.94. The lowest BCUT2D eigenvalue weighted by Gasteiger charge is -2.09. The molecular formula is C20H17N3O. The molecule has 2 aromatic heterocycles. The molecule has 4 rings (SSSR count). The van der Waals surface area contributed by atoms with E-state index in [4.69, 9.17) is 5.73 Å². The largest absolute Gasteiger partial charge is 0.369 e. The monoisotopic (exact) mass is 315 g/mol. The van der Waals surface area contributed by atoms with Crippen molar-refractivity contribution in [1.82, 2.24) is 9.55 Å². The van der Waals surface area contributed by atoms with E-state index < -0.39 is 0 Å². The first kappa shape index (κ1) is 14.5. The van der Waals surface area contributed by atoms with Crippen molar-refractivity contribution in [3.63, 3.8) is 0 Å². The van der Waals surface area contributed by atoms with E-state index in [-0.39, 0.29) is 11.8 Å². The van der Waals surface area contributed by atoms with Crippen molar-refractivity contribution in [3.8, 4) is 5.69 Å². The highest BCUT2D eigenvalue weighted by Crippen LogP contribution is 2.32. The van der Waals surface area contributed by atoms with Crippen LogP contribution < -0.4 is 5.73 Å². The van der Waals surface area contributed by atoms with Crippen LogP contribution in [0, 0.1) is 0 Å². The van der Waals surface area contributed by atoms with Gasteiger partial charge in [0, 0.05) is 23.2 Å². The third-order valence-corrected chi connectivity index (χ3v) is 4.52. The Bertz CT molecular complexity index is 1060. The van der Waals surface area contributed by atoms with Crippen LogP contribution in [-0.2, 0) is 4.79 Å². The first-order valence-electron chi connectivity index (χ1n) is 7.90. The minimum atomic E-state index is -0.343. The lowest BCUT2D eigenvalue weighted by atomic mass is 10.0. The van der Waals surface area contributed by atoms with Gasteiger partial charge in [0.15, 0.2) is 0 Å². The molecule has 0 fully saturated rings. The van der Waals surface area contributed by atoms with Gasteiger partial charge in [-0.2, -0.15) is 0 Å². The molecule has 4 nitrogen and oxygen atoms in total. The summed E-state index contributed by atoms with van der Waals surface area (Å²) < 4.78 is 2.12. The zero-order valence-corrected chi connectivity index (χ0v) is 13.3. The quantitative estimate of drug-likeness (QED) is 0.625. The number of carbonyl (C=O) groups excluding carboxylic acids is 1. The van der Waals surface area contributed by atoms with Crippen LogP contribution in [0.5, 0.6) is 0 Å². The van der Waals surface area contributed by atoms with Crippen LogP contribution in [0.25, 0.3) is 27.5 Å². The van der Waals surface area contributed by atoms with Crippen molar-refractivity contribution in [2.75, 3.05) is 0 Å². The molecular weight excluding hydrogens is 298 g/mol. The molecule has 2 aromatic carbocycles. The summed E-state index contributed by atoms with van der Waals surface area (Å²) in [7, 11) is 0. The van der Waals surface area contributed by atoms with E-state index in [9.17, 15) is 4.79 Å². The van der Waals surface area contributed by atoms with Gasteiger partial charge in [-0.05, 0) is 30.7 Å². The highest BCUT2D eigenvalue weighted by atomic mass is 16.1. The maximum absolute atomic E-state index is 11.7. The molecule has 0 bridgehead atoms. The molecule has 24 heavy (non-hydrogen) atoms. The fraction of sp³-hybridized carbons (Fsp3) is 0.100. The third-order valence-electron chi connectivity index (χ3n) is 4.52.